The van der Waals surface area contributed by atoms with E-state index in [-0.39, 0.29) is 29.2 Å². The summed E-state index contributed by atoms with van der Waals surface area (Å²) in [7, 11) is 3.90. The van der Waals surface area contributed by atoms with E-state index in [0.717, 1.165) is 12.1 Å². The molecule has 6 heteroatoms. The van der Waals surface area contributed by atoms with E-state index in [9.17, 15) is 9.59 Å². The maximum absolute atomic E-state index is 12.4. The van der Waals surface area contributed by atoms with Crippen molar-refractivity contribution in [1.29, 1.82) is 0 Å². The molecule has 25 heavy (non-hydrogen) atoms. The number of rotatable bonds is 6. The molecule has 1 unspecified atom stereocenters. The zero-order valence-corrected chi connectivity index (χ0v) is 15.0. The second kappa shape index (κ2) is 8.28. The number of anilines is 2. The number of hydrogen-bond donors (Lipinski definition) is 2. The highest BCUT2D eigenvalue weighted by Crippen LogP contribution is 2.16. The molecular formula is C19H24N4O2. The van der Waals surface area contributed by atoms with E-state index in [1.165, 1.54) is 0 Å². The Morgan fingerprint density at radius 3 is 2.20 bits per heavy atom. The van der Waals surface area contributed by atoms with Gasteiger partial charge in [0.25, 0.3) is 11.8 Å². The summed E-state index contributed by atoms with van der Waals surface area (Å²) in [4.78, 5) is 30.7. The van der Waals surface area contributed by atoms with Crippen LogP contribution in [0, 0.1) is 0 Å². The van der Waals surface area contributed by atoms with Crippen molar-refractivity contribution >= 4 is 23.2 Å². The molecule has 132 valence electrons. The lowest BCUT2D eigenvalue weighted by Crippen LogP contribution is -2.32. The molecule has 1 atom stereocenters. The number of carbonyl (C=O) groups excluding carboxylic acids is 2. The Labute approximate surface area is 148 Å². The predicted molar refractivity (Wildman–Crippen MR) is 100 cm³/mol. The number of nitrogens with zero attached hydrogens (tertiary/aromatic N) is 2. The molecule has 2 amide bonds. The molecule has 2 N–H and O–H groups in total. The number of carbonyl (C=O) groups is 2. The summed E-state index contributed by atoms with van der Waals surface area (Å²) >= 11 is 0. The largest absolute Gasteiger partial charge is 0.378 e. The van der Waals surface area contributed by atoms with Crippen molar-refractivity contribution in [3.63, 3.8) is 0 Å². The fraction of sp³-hybridized carbons (Fsp3) is 0.316. The van der Waals surface area contributed by atoms with E-state index in [2.05, 4.69) is 15.6 Å². The number of hydrogen-bond acceptors (Lipinski definition) is 4. The molecule has 1 aromatic carbocycles. The van der Waals surface area contributed by atoms with Gasteiger partial charge in [-0.1, -0.05) is 13.0 Å². The SMILES string of the molecule is CCC(C)NC(=O)c1cccc(C(=O)Nc2ccc(N(C)C)cc2)n1. The van der Waals surface area contributed by atoms with Crippen LogP contribution in [0.4, 0.5) is 11.4 Å². The molecule has 0 fully saturated rings. The quantitative estimate of drug-likeness (QED) is 0.848. The summed E-state index contributed by atoms with van der Waals surface area (Å²) in [5.74, 6) is -0.630. The molecule has 0 aliphatic rings. The molecule has 6 nitrogen and oxygen atoms in total. The highest BCUT2D eigenvalue weighted by atomic mass is 16.2. The first-order chi connectivity index (χ1) is 11.9. The summed E-state index contributed by atoms with van der Waals surface area (Å²) in [5.41, 5.74) is 2.15. The summed E-state index contributed by atoms with van der Waals surface area (Å²) < 4.78 is 0. The van der Waals surface area contributed by atoms with E-state index in [0.29, 0.717) is 5.69 Å². The minimum absolute atomic E-state index is 0.0574. The smallest absolute Gasteiger partial charge is 0.274 e. The molecule has 0 bridgehead atoms. The zero-order valence-electron chi connectivity index (χ0n) is 15.0. The maximum atomic E-state index is 12.4. The highest BCUT2D eigenvalue weighted by molar-refractivity contribution is 6.03. The Morgan fingerprint density at radius 2 is 1.64 bits per heavy atom. The van der Waals surface area contributed by atoms with Crippen LogP contribution in [0.1, 0.15) is 41.2 Å². The molecule has 2 aromatic rings. The van der Waals surface area contributed by atoms with Gasteiger partial charge in [0.05, 0.1) is 0 Å². The fourth-order valence-corrected chi connectivity index (χ4v) is 2.13. The van der Waals surface area contributed by atoms with Crippen LogP contribution in [-0.2, 0) is 0 Å². The minimum atomic E-state index is -0.351. The van der Waals surface area contributed by atoms with Gasteiger partial charge in [-0.15, -0.1) is 0 Å². The number of amides is 2. The predicted octanol–water partition coefficient (Wildman–Crippen LogP) is 2.93. The normalized spacial score (nSPS) is 11.5. The first kappa shape index (κ1) is 18.4. The number of pyridine rings is 1. The van der Waals surface area contributed by atoms with Gasteiger partial charge in [-0.05, 0) is 49.7 Å². The van der Waals surface area contributed by atoms with E-state index in [1.807, 2.05) is 57.1 Å². The van der Waals surface area contributed by atoms with E-state index in [4.69, 9.17) is 0 Å². The van der Waals surface area contributed by atoms with Gasteiger partial charge in [-0.2, -0.15) is 0 Å². The molecule has 0 aliphatic heterocycles. The zero-order chi connectivity index (χ0) is 18.4. The topological polar surface area (TPSA) is 74.3 Å². The van der Waals surface area contributed by atoms with Crippen LogP contribution >= 0.6 is 0 Å². The fourth-order valence-electron chi connectivity index (χ4n) is 2.13. The Bertz CT molecular complexity index is 741. The summed E-state index contributed by atoms with van der Waals surface area (Å²) in [6, 6.07) is 12.4. The van der Waals surface area contributed by atoms with Gasteiger partial charge in [0.1, 0.15) is 11.4 Å². The molecule has 0 radical (unpaired) electrons. The first-order valence-corrected chi connectivity index (χ1v) is 8.27. The van der Waals surface area contributed by atoms with Gasteiger partial charge in [0, 0.05) is 31.5 Å². The van der Waals surface area contributed by atoms with Gasteiger partial charge >= 0.3 is 0 Å². The van der Waals surface area contributed by atoms with E-state index < -0.39 is 0 Å². The molecule has 0 spiro atoms. The molecule has 1 aromatic heterocycles. The second-order valence-electron chi connectivity index (χ2n) is 6.09. The van der Waals surface area contributed by atoms with Crippen molar-refractivity contribution in [3.05, 3.63) is 53.9 Å². The Morgan fingerprint density at radius 1 is 1.04 bits per heavy atom. The van der Waals surface area contributed by atoms with E-state index in [1.54, 1.807) is 18.2 Å². The Balaban J connectivity index is 2.09. The molecule has 0 saturated carbocycles. The first-order valence-electron chi connectivity index (χ1n) is 8.27. The lowest BCUT2D eigenvalue weighted by atomic mass is 10.2. The Kier molecular flexibility index (Phi) is 6.11. The minimum Gasteiger partial charge on any atom is -0.378 e. The third-order valence-electron chi connectivity index (χ3n) is 3.85. The van der Waals surface area contributed by atoms with Crippen LogP contribution in [-0.4, -0.2) is 36.9 Å². The maximum Gasteiger partial charge on any atom is 0.274 e. The third kappa shape index (κ3) is 5.04. The summed E-state index contributed by atoms with van der Waals surface area (Å²) in [6.07, 6.45) is 0.828. The number of nitrogens with one attached hydrogen (secondary N) is 2. The number of aromatic nitrogens is 1. The second-order valence-corrected chi connectivity index (χ2v) is 6.09. The number of benzene rings is 1. The molecule has 0 saturated heterocycles. The molecule has 0 aliphatic carbocycles. The van der Waals surface area contributed by atoms with Gasteiger partial charge in [-0.25, -0.2) is 4.98 Å². The van der Waals surface area contributed by atoms with Crippen molar-refractivity contribution in [2.75, 3.05) is 24.3 Å². The van der Waals surface area contributed by atoms with Crippen LogP contribution in [0.15, 0.2) is 42.5 Å². The Hall–Kier alpha value is -2.89. The van der Waals surface area contributed by atoms with Gasteiger partial charge in [-0.3, -0.25) is 9.59 Å². The molecule has 2 rings (SSSR count). The van der Waals surface area contributed by atoms with Crippen molar-refractivity contribution in [2.45, 2.75) is 26.3 Å². The monoisotopic (exact) mass is 340 g/mol. The van der Waals surface area contributed by atoms with Crippen LogP contribution in [0.25, 0.3) is 0 Å². The van der Waals surface area contributed by atoms with Crippen molar-refractivity contribution in [2.24, 2.45) is 0 Å². The lowest BCUT2D eigenvalue weighted by molar-refractivity contribution is 0.0934. The highest BCUT2D eigenvalue weighted by Gasteiger charge is 2.14. The lowest BCUT2D eigenvalue weighted by Gasteiger charge is -2.13. The van der Waals surface area contributed by atoms with Gasteiger partial charge < -0.3 is 15.5 Å². The summed E-state index contributed by atoms with van der Waals surface area (Å²) in [6.45, 7) is 3.91. The summed E-state index contributed by atoms with van der Waals surface area (Å²) in [5, 5.41) is 5.63. The van der Waals surface area contributed by atoms with Crippen LogP contribution in [0.3, 0.4) is 0 Å². The standard InChI is InChI=1S/C19H24N4O2/c1-5-13(2)20-18(24)16-7-6-8-17(22-16)19(25)21-14-9-11-15(12-10-14)23(3)4/h6-13H,5H2,1-4H3,(H,20,24)(H,21,25). The molecule has 1 heterocycles. The van der Waals surface area contributed by atoms with Crippen molar-refractivity contribution in [1.82, 2.24) is 10.3 Å². The van der Waals surface area contributed by atoms with Gasteiger partial charge in [0.15, 0.2) is 0 Å². The van der Waals surface area contributed by atoms with Crippen molar-refractivity contribution in [3.8, 4) is 0 Å². The van der Waals surface area contributed by atoms with Crippen LogP contribution in [0.2, 0.25) is 0 Å². The van der Waals surface area contributed by atoms with Crippen molar-refractivity contribution < 1.29 is 9.59 Å². The van der Waals surface area contributed by atoms with Gasteiger partial charge in [0.2, 0.25) is 0 Å². The molecular weight excluding hydrogens is 316 g/mol. The third-order valence-corrected chi connectivity index (χ3v) is 3.85. The van der Waals surface area contributed by atoms with Crippen LogP contribution < -0.4 is 15.5 Å². The van der Waals surface area contributed by atoms with E-state index >= 15 is 0 Å². The average Bonchev–Trinajstić information content (AvgIpc) is 2.62. The van der Waals surface area contributed by atoms with Crippen LogP contribution in [0.5, 0.6) is 0 Å². The average molecular weight is 340 g/mol.